The van der Waals surface area contributed by atoms with Gasteiger partial charge in [-0.05, 0) is 25.0 Å². The van der Waals surface area contributed by atoms with E-state index in [0.717, 1.165) is 44.2 Å². The summed E-state index contributed by atoms with van der Waals surface area (Å²) in [5.41, 5.74) is -0.387. The maximum absolute atomic E-state index is 14.0. The van der Waals surface area contributed by atoms with Gasteiger partial charge < -0.3 is 4.90 Å². The summed E-state index contributed by atoms with van der Waals surface area (Å²) in [6.07, 6.45) is 13.7. The van der Waals surface area contributed by atoms with E-state index in [4.69, 9.17) is 0 Å². The molecule has 1 aromatic rings. The second-order valence-corrected chi connectivity index (χ2v) is 7.55. The molecule has 160 valence electrons. The molecule has 0 heterocycles. The van der Waals surface area contributed by atoms with Crippen molar-refractivity contribution in [1.82, 2.24) is 4.90 Å². The van der Waals surface area contributed by atoms with Crippen LogP contribution in [0.5, 0.6) is 0 Å². The molecule has 0 aliphatic carbocycles. The Kier molecular flexibility index (Phi) is 12.7. The van der Waals surface area contributed by atoms with Crippen molar-refractivity contribution < 1.29 is 18.0 Å². The molecular weight excluding hydrogens is 363 g/mol. The van der Waals surface area contributed by atoms with Crippen molar-refractivity contribution in [1.29, 1.82) is 0 Å². The number of carbonyl (C=O) groups excluding carboxylic acids is 1. The molecule has 0 fully saturated rings. The highest BCUT2D eigenvalue weighted by Gasteiger charge is 2.22. The van der Waals surface area contributed by atoms with Crippen LogP contribution in [0.15, 0.2) is 12.1 Å². The zero-order valence-electron chi connectivity index (χ0n) is 17.5. The predicted molar refractivity (Wildman–Crippen MR) is 109 cm³/mol. The summed E-state index contributed by atoms with van der Waals surface area (Å²) < 4.78 is 40.6. The van der Waals surface area contributed by atoms with Gasteiger partial charge in [-0.2, -0.15) is 0 Å². The summed E-state index contributed by atoms with van der Waals surface area (Å²) in [5.74, 6) is -4.81. The third kappa shape index (κ3) is 8.66. The van der Waals surface area contributed by atoms with Crippen LogP contribution in [0, 0.1) is 17.5 Å². The molecule has 28 heavy (non-hydrogen) atoms. The van der Waals surface area contributed by atoms with E-state index in [-0.39, 0.29) is 5.56 Å². The van der Waals surface area contributed by atoms with Gasteiger partial charge in [-0.1, -0.05) is 78.1 Å². The average Bonchev–Trinajstić information content (AvgIpc) is 2.69. The molecule has 0 aromatic heterocycles. The number of benzene rings is 1. The second-order valence-electron chi connectivity index (χ2n) is 7.55. The van der Waals surface area contributed by atoms with Crippen LogP contribution in [0.4, 0.5) is 13.2 Å². The molecule has 1 amide bonds. The van der Waals surface area contributed by atoms with Gasteiger partial charge in [0.15, 0.2) is 17.5 Å². The van der Waals surface area contributed by atoms with Crippen LogP contribution in [0.2, 0.25) is 0 Å². The van der Waals surface area contributed by atoms with E-state index in [0.29, 0.717) is 13.1 Å². The number of carbonyl (C=O) groups is 1. The molecule has 0 unspecified atom stereocenters. The fourth-order valence-electron chi connectivity index (χ4n) is 3.32. The molecule has 0 aliphatic rings. The van der Waals surface area contributed by atoms with E-state index < -0.39 is 23.4 Å². The molecule has 0 radical (unpaired) electrons. The lowest BCUT2D eigenvalue weighted by molar-refractivity contribution is 0.0744. The lowest BCUT2D eigenvalue weighted by atomic mass is 10.1. The van der Waals surface area contributed by atoms with Gasteiger partial charge in [0.2, 0.25) is 0 Å². The first kappa shape index (κ1) is 24.5. The Labute approximate surface area is 168 Å². The predicted octanol–water partition coefficient (Wildman–Crippen LogP) is 7.27. The first-order valence-corrected chi connectivity index (χ1v) is 11.0. The third-order valence-corrected chi connectivity index (χ3v) is 5.12. The lowest BCUT2D eigenvalue weighted by Crippen LogP contribution is -2.33. The molecule has 0 saturated carbocycles. The first-order chi connectivity index (χ1) is 13.5. The maximum Gasteiger partial charge on any atom is 0.256 e. The van der Waals surface area contributed by atoms with Crippen molar-refractivity contribution in [3.63, 3.8) is 0 Å². The Morgan fingerprint density at radius 2 is 1.21 bits per heavy atom. The van der Waals surface area contributed by atoms with Crippen molar-refractivity contribution in [2.45, 2.75) is 90.9 Å². The third-order valence-electron chi connectivity index (χ3n) is 5.12. The molecule has 0 bridgehead atoms. The summed E-state index contributed by atoms with van der Waals surface area (Å²) in [5, 5.41) is 0. The minimum atomic E-state index is -1.58. The molecule has 0 spiro atoms. The number of hydrogen-bond acceptors (Lipinski definition) is 1. The fourth-order valence-corrected chi connectivity index (χ4v) is 3.32. The molecule has 0 saturated heterocycles. The summed E-state index contributed by atoms with van der Waals surface area (Å²) in [7, 11) is 0. The average molecular weight is 400 g/mol. The molecule has 2 nitrogen and oxygen atoms in total. The number of rotatable bonds is 15. The Balaban J connectivity index is 2.42. The van der Waals surface area contributed by atoms with Gasteiger partial charge in [0.05, 0.1) is 5.56 Å². The van der Waals surface area contributed by atoms with Crippen molar-refractivity contribution in [3.05, 3.63) is 35.1 Å². The van der Waals surface area contributed by atoms with E-state index in [1.165, 1.54) is 44.9 Å². The van der Waals surface area contributed by atoms with Gasteiger partial charge in [-0.25, -0.2) is 13.2 Å². The van der Waals surface area contributed by atoms with Gasteiger partial charge >= 0.3 is 0 Å². The number of amides is 1. The highest BCUT2D eigenvalue weighted by molar-refractivity contribution is 5.94. The maximum atomic E-state index is 14.0. The van der Waals surface area contributed by atoms with Crippen molar-refractivity contribution in [3.8, 4) is 0 Å². The van der Waals surface area contributed by atoms with Crippen LogP contribution in [0.25, 0.3) is 0 Å². The van der Waals surface area contributed by atoms with Gasteiger partial charge in [0.1, 0.15) is 0 Å². The molecule has 0 N–H and O–H groups in total. The van der Waals surface area contributed by atoms with Gasteiger partial charge in [-0.15, -0.1) is 0 Å². The minimum Gasteiger partial charge on any atom is -0.339 e. The van der Waals surface area contributed by atoms with Crippen LogP contribution in [0.1, 0.15) is 101 Å². The number of hydrogen-bond donors (Lipinski definition) is 0. The van der Waals surface area contributed by atoms with E-state index in [1.54, 1.807) is 4.90 Å². The zero-order valence-corrected chi connectivity index (χ0v) is 17.5. The number of halogens is 3. The van der Waals surface area contributed by atoms with Crippen molar-refractivity contribution in [2.75, 3.05) is 13.1 Å². The van der Waals surface area contributed by atoms with Crippen LogP contribution >= 0.6 is 0 Å². The van der Waals surface area contributed by atoms with Crippen LogP contribution in [-0.4, -0.2) is 23.9 Å². The molecule has 1 rings (SSSR count). The van der Waals surface area contributed by atoms with Gasteiger partial charge in [0.25, 0.3) is 5.91 Å². The van der Waals surface area contributed by atoms with E-state index >= 15 is 0 Å². The van der Waals surface area contributed by atoms with Crippen LogP contribution in [0.3, 0.4) is 0 Å². The van der Waals surface area contributed by atoms with Gasteiger partial charge in [-0.3, -0.25) is 4.79 Å². The summed E-state index contributed by atoms with van der Waals surface area (Å²) in [6, 6.07) is 1.84. The highest BCUT2D eigenvalue weighted by atomic mass is 19.2. The summed E-state index contributed by atoms with van der Waals surface area (Å²) in [6.45, 7) is 5.26. The molecule has 1 aromatic carbocycles. The van der Waals surface area contributed by atoms with Crippen LogP contribution in [-0.2, 0) is 0 Å². The smallest absolute Gasteiger partial charge is 0.256 e. The first-order valence-electron chi connectivity index (χ1n) is 11.0. The number of nitrogens with zero attached hydrogens (tertiary/aromatic N) is 1. The minimum absolute atomic E-state index is 0.387. The zero-order chi connectivity index (χ0) is 20.8. The SMILES string of the molecule is CCCCCCCCCCCCN(CCCC)C(=O)c1ccc(F)c(F)c1F. The topological polar surface area (TPSA) is 20.3 Å². The van der Waals surface area contributed by atoms with E-state index in [9.17, 15) is 18.0 Å². The largest absolute Gasteiger partial charge is 0.339 e. The van der Waals surface area contributed by atoms with E-state index in [2.05, 4.69) is 6.92 Å². The van der Waals surface area contributed by atoms with Crippen molar-refractivity contribution in [2.24, 2.45) is 0 Å². The Hall–Kier alpha value is -1.52. The summed E-state index contributed by atoms with van der Waals surface area (Å²) >= 11 is 0. The Bertz CT molecular complexity index is 577. The van der Waals surface area contributed by atoms with E-state index in [1.807, 2.05) is 6.92 Å². The van der Waals surface area contributed by atoms with Crippen LogP contribution < -0.4 is 0 Å². The quantitative estimate of drug-likeness (QED) is 0.224. The molecule has 5 heteroatoms. The summed E-state index contributed by atoms with van der Waals surface area (Å²) in [4.78, 5) is 14.2. The molecule has 0 aliphatic heterocycles. The van der Waals surface area contributed by atoms with Gasteiger partial charge in [0, 0.05) is 13.1 Å². The second kappa shape index (κ2) is 14.5. The fraction of sp³-hybridized carbons (Fsp3) is 0.696. The standard InChI is InChI=1S/C23H36F3NO/c1-3-5-7-8-9-10-11-12-13-14-18-27(17-6-4-2)23(28)19-15-16-20(24)22(26)21(19)25/h15-16H,3-14,17-18H2,1-2H3. The lowest BCUT2D eigenvalue weighted by Gasteiger charge is -2.23. The number of unbranched alkanes of at least 4 members (excludes halogenated alkanes) is 10. The monoisotopic (exact) mass is 399 g/mol. The van der Waals surface area contributed by atoms with Crippen molar-refractivity contribution >= 4 is 5.91 Å². The Morgan fingerprint density at radius 3 is 1.79 bits per heavy atom. The molecule has 0 atom stereocenters. The normalized spacial score (nSPS) is 11.0. The highest BCUT2D eigenvalue weighted by Crippen LogP contribution is 2.18. The Morgan fingerprint density at radius 1 is 0.714 bits per heavy atom. The molecular formula is C23H36F3NO.